The van der Waals surface area contributed by atoms with Crippen LogP contribution in [0.3, 0.4) is 0 Å². The van der Waals surface area contributed by atoms with E-state index in [4.69, 9.17) is 12.2 Å². The Morgan fingerprint density at radius 1 is 1.43 bits per heavy atom. The van der Waals surface area contributed by atoms with Crippen LogP contribution in [-0.2, 0) is 6.18 Å². The van der Waals surface area contributed by atoms with Gasteiger partial charge in [0.25, 0.3) is 0 Å². The van der Waals surface area contributed by atoms with Crippen molar-refractivity contribution in [2.75, 3.05) is 18.1 Å². The summed E-state index contributed by atoms with van der Waals surface area (Å²) < 4.78 is 38.3. The third-order valence-electron chi connectivity index (χ3n) is 3.36. The van der Waals surface area contributed by atoms with Crippen LogP contribution in [-0.4, -0.2) is 24.0 Å². The molecule has 126 valence electrons. The van der Waals surface area contributed by atoms with Crippen LogP contribution in [0.4, 0.5) is 18.9 Å². The lowest BCUT2D eigenvalue weighted by Crippen LogP contribution is -2.34. The average molecular weight is 344 g/mol. The Hall–Kier alpha value is -1.83. The Morgan fingerprint density at radius 2 is 2.22 bits per heavy atom. The maximum atomic E-state index is 12.8. The minimum absolute atomic E-state index is 0.395. The van der Waals surface area contributed by atoms with Crippen LogP contribution in [0.5, 0.6) is 0 Å². The molecule has 0 bridgehead atoms. The van der Waals surface area contributed by atoms with Gasteiger partial charge >= 0.3 is 6.18 Å². The molecule has 0 aromatic heterocycles. The number of nitrogens with zero attached hydrogens (tertiary/aromatic N) is 2. The number of alkyl halides is 3. The average Bonchev–Trinajstić information content (AvgIpc) is 2.95. The van der Waals surface area contributed by atoms with Gasteiger partial charge in [-0.3, -0.25) is 10.4 Å². The highest BCUT2D eigenvalue weighted by atomic mass is 32.1. The van der Waals surface area contributed by atoms with Crippen LogP contribution in [0, 0.1) is 0 Å². The summed E-state index contributed by atoms with van der Waals surface area (Å²) in [6.45, 7) is 3.39. The van der Waals surface area contributed by atoms with E-state index in [1.54, 1.807) is 11.1 Å². The molecular formula is C15H19F3N4S. The molecule has 0 spiro atoms. The summed E-state index contributed by atoms with van der Waals surface area (Å²) in [6.07, 6.45) is -1.67. The minimum Gasteiger partial charge on any atom is -0.361 e. The van der Waals surface area contributed by atoms with E-state index in [1.165, 1.54) is 6.07 Å². The SMILES string of the molecule is CCCCNC(=S)N=C1CCN(c2cccc(C(F)(F)F)c2)N1. The molecule has 1 aromatic carbocycles. The molecule has 8 heteroatoms. The highest BCUT2D eigenvalue weighted by molar-refractivity contribution is 7.80. The van der Waals surface area contributed by atoms with E-state index < -0.39 is 11.7 Å². The first-order valence-corrected chi connectivity index (χ1v) is 7.88. The normalized spacial score (nSPS) is 16.5. The Kier molecular flexibility index (Phi) is 5.81. The number of thiocarbonyl (C=S) groups is 1. The molecule has 1 heterocycles. The maximum absolute atomic E-state index is 12.8. The smallest absolute Gasteiger partial charge is 0.361 e. The zero-order chi connectivity index (χ0) is 16.9. The molecule has 0 unspecified atom stereocenters. The zero-order valence-corrected chi connectivity index (χ0v) is 13.6. The van der Waals surface area contributed by atoms with E-state index in [9.17, 15) is 13.2 Å². The second-order valence-electron chi connectivity index (χ2n) is 5.21. The minimum atomic E-state index is -4.35. The fourth-order valence-corrected chi connectivity index (χ4v) is 2.36. The third kappa shape index (κ3) is 5.09. The molecule has 4 nitrogen and oxygen atoms in total. The number of amidine groups is 1. The Balaban J connectivity index is 1.99. The summed E-state index contributed by atoms with van der Waals surface area (Å²) in [4.78, 5) is 4.26. The van der Waals surface area contributed by atoms with Gasteiger partial charge in [-0.2, -0.15) is 13.2 Å². The van der Waals surface area contributed by atoms with Crippen LogP contribution in [0.15, 0.2) is 29.3 Å². The summed E-state index contributed by atoms with van der Waals surface area (Å²) in [6, 6.07) is 5.20. The number of aliphatic imine (C=N–C) groups is 1. The van der Waals surface area contributed by atoms with E-state index in [2.05, 4.69) is 22.7 Å². The molecule has 1 aliphatic heterocycles. The predicted octanol–water partition coefficient (Wildman–Crippen LogP) is 3.49. The van der Waals surface area contributed by atoms with E-state index in [0.717, 1.165) is 31.5 Å². The van der Waals surface area contributed by atoms with Crippen LogP contribution in [0.2, 0.25) is 0 Å². The van der Waals surface area contributed by atoms with Crippen molar-refractivity contribution >= 4 is 28.9 Å². The topological polar surface area (TPSA) is 39.7 Å². The van der Waals surface area contributed by atoms with Crippen molar-refractivity contribution in [2.45, 2.75) is 32.4 Å². The van der Waals surface area contributed by atoms with E-state index >= 15 is 0 Å². The van der Waals surface area contributed by atoms with Gasteiger partial charge in [-0.1, -0.05) is 19.4 Å². The molecule has 0 aliphatic carbocycles. The van der Waals surface area contributed by atoms with Gasteiger partial charge in [0.2, 0.25) is 0 Å². The molecule has 1 saturated heterocycles. The monoisotopic (exact) mass is 344 g/mol. The number of hydrazine groups is 1. The number of halogens is 3. The highest BCUT2D eigenvalue weighted by Gasteiger charge is 2.31. The first kappa shape index (κ1) is 17.5. The van der Waals surface area contributed by atoms with Crippen LogP contribution in [0.25, 0.3) is 0 Å². The van der Waals surface area contributed by atoms with Gasteiger partial charge < -0.3 is 5.32 Å². The highest BCUT2D eigenvalue weighted by Crippen LogP contribution is 2.31. The number of rotatable bonds is 4. The van der Waals surface area contributed by atoms with Crippen LogP contribution >= 0.6 is 12.2 Å². The Labute approximate surface area is 138 Å². The van der Waals surface area contributed by atoms with E-state index in [1.807, 2.05) is 0 Å². The van der Waals surface area contributed by atoms with Crippen molar-refractivity contribution in [3.63, 3.8) is 0 Å². The van der Waals surface area contributed by atoms with E-state index in [0.29, 0.717) is 29.6 Å². The predicted molar refractivity (Wildman–Crippen MR) is 89.5 cm³/mol. The van der Waals surface area contributed by atoms with Crippen molar-refractivity contribution in [3.05, 3.63) is 29.8 Å². The Bertz CT molecular complexity index is 586. The standard InChI is InChI=1S/C15H19F3N4S/c1-2-3-8-19-14(23)20-13-7-9-22(21-13)12-6-4-5-11(10-12)15(16,17)18/h4-6,10H,2-3,7-9H2,1H3,(H2,19,20,21,23). The van der Waals surface area contributed by atoms with Crippen molar-refractivity contribution in [2.24, 2.45) is 4.99 Å². The lowest BCUT2D eigenvalue weighted by molar-refractivity contribution is -0.137. The summed E-state index contributed by atoms with van der Waals surface area (Å²) in [5, 5.41) is 5.07. The zero-order valence-electron chi connectivity index (χ0n) is 12.8. The Morgan fingerprint density at radius 3 is 2.91 bits per heavy atom. The number of hydrogen-bond acceptors (Lipinski definition) is 2. The number of benzene rings is 1. The molecular weight excluding hydrogens is 325 g/mol. The van der Waals surface area contributed by atoms with Gasteiger partial charge in [0.1, 0.15) is 5.84 Å². The summed E-state index contributed by atoms with van der Waals surface area (Å²) >= 11 is 5.12. The second kappa shape index (κ2) is 7.63. The van der Waals surface area contributed by atoms with Gasteiger partial charge in [-0.05, 0) is 36.8 Å². The number of unbranched alkanes of at least 4 members (excludes halogenated alkanes) is 1. The number of anilines is 1. The second-order valence-corrected chi connectivity index (χ2v) is 5.59. The van der Waals surface area contributed by atoms with Gasteiger partial charge in [0.05, 0.1) is 11.3 Å². The fourth-order valence-electron chi connectivity index (χ4n) is 2.14. The van der Waals surface area contributed by atoms with Crippen LogP contribution in [0.1, 0.15) is 31.7 Å². The molecule has 0 atom stereocenters. The quantitative estimate of drug-likeness (QED) is 0.648. The van der Waals surface area contributed by atoms with Gasteiger partial charge in [-0.15, -0.1) is 0 Å². The molecule has 2 N–H and O–H groups in total. The molecule has 0 saturated carbocycles. The summed E-state index contributed by atoms with van der Waals surface area (Å²) in [5.41, 5.74) is 2.78. The summed E-state index contributed by atoms with van der Waals surface area (Å²) in [7, 11) is 0. The lowest BCUT2D eigenvalue weighted by Gasteiger charge is -2.19. The van der Waals surface area contributed by atoms with Gasteiger partial charge in [0.15, 0.2) is 5.11 Å². The fraction of sp³-hybridized carbons (Fsp3) is 0.467. The molecule has 0 amide bonds. The molecule has 0 radical (unpaired) electrons. The number of nitrogens with one attached hydrogen (secondary N) is 2. The maximum Gasteiger partial charge on any atom is 0.416 e. The van der Waals surface area contributed by atoms with Crippen molar-refractivity contribution in [1.29, 1.82) is 0 Å². The molecule has 1 aliphatic rings. The number of hydrogen-bond donors (Lipinski definition) is 2. The van der Waals surface area contributed by atoms with E-state index in [-0.39, 0.29) is 0 Å². The molecule has 1 aromatic rings. The van der Waals surface area contributed by atoms with Gasteiger partial charge in [-0.25, -0.2) is 4.99 Å². The van der Waals surface area contributed by atoms with Crippen molar-refractivity contribution in [1.82, 2.24) is 10.7 Å². The third-order valence-corrected chi connectivity index (χ3v) is 3.60. The first-order valence-electron chi connectivity index (χ1n) is 7.47. The first-order chi connectivity index (χ1) is 10.9. The molecule has 23 heavy (non-hydrogen) atoms. The lowest BCUT2D eigenvalue weighted by atomic mass is 10.2. The molecule has 2 rings (SSSR count). The van der Waals surface area contributed by atoms with Crippen LogP contribution < -0.4 is 15.8 Å². The van der Waals surface area contributed by atoms with Crippen molar-refractivity contribution in [3.8, 4) is 0 Å². The van der Waals surface area contributed by atoms with Gasteiger partial charge in [0, 0.05) is 19.5 Å². The molecule has 1 fully saturated rings. The summed E-state index contributed by atoms with van der Waals surface area (Å²) in [5.74, 6) is 0.649. The van der Waals surface area contributed by atoms with Crippen molar-refractivity contribution < 1.29 is 13.2 Å². The largest absolute Gasteiger partial charge is 0.416 e.